The summed E-state index contributed by atoms with van der Waals surface area (Å²) in [5.74, 6) is 0. The lowest BCUT2D eigenvalue weighted by atomic mass is 9.90. The highest BCUT2D eigenvalue weighted by Crippen LogP contribution is 2.39. The minimum Gasteiger partial charge on any atom is -0.0622 e. The van der Waals surface area contributed by atoms with Crippen LogP contribution in [0.25, 0.3) is 43.8 Å². The maximum Gasteiger partial charge on any atom is 0.0254 e. The molecule has 0 amide bonds. The van der Waals surface area contributed by atoms with Crippen LogP contribution in [-0.2, 0) is 0 Å². The molecule has 5 rings (SSSR count). The van der Waals surface area contributed by atoms with Crippen LogP contribution in [0.1, 0.15) is 0 Å². The number of rotatable bonds is 2. The Labute approximate surface area is 167 Å². The molecule has 0 N–H and O–H groups in total. The van der Waals surface area contributed by atoms with Crippen LogP contribution in [0.2, 0.25) is 0 Å². The van der Waals surface area contributed by atoms with Crippen molar-refractivity contribution in [1.29, 1.82) is 0 Å². The van der Waals surface area contributed by atoms with E-state index in [-0.39, 0.29) is 0 Å². The molecule has 0 bridgehead atoms. The number of halogens is 1. The van der Waals surface area contributed by atoms with E-state index in [1.165, 1.54) is 43.8 Å². The van der Waals surface area contributed by atoms with Gasteiger partial charge in [-0.2, -0.15) is 0 Å². The average molecular weight is 409 g/mol. The molecule has 0 aliphatic rings. The normalized spacial score (nSPS) is 11.1. The van der Waals surface area contributed by atoms with Gasteiger partial charge in [0.25, 0.3) is 0 Å². The zero-order valence-electron chi connectivity index (χ0n) is 14.7. The lowest BCUT2D eigenvalue weighted by Crippen LogP contribution is -1.87. The first-order valence-corrected chi connectivity index (χ1v) is 9.87. The molecule has 1 heteroatoms. The summed E-state index contributed by atoms with van der Waals surface area (Å²) in [4.78, 5) is 0. The lowest BCUT2D eigenvalue weighted by Gasteiger charge is -2.14. The van der Waals surface area contributed by atoms with E-state index in [1.54, 1.807) is 0 Å². The van der Waals surface area contributed by atoms with Crippen molar-refractivity contribution in [2.45, 2.75) is 0 Å². The Morgan fingerprint density at radius 1 is 0.370 bits per heavy atom. The predicted octanol–water partition coefficient (Wildman–Crippen LogP) is 8.09. The molecule has 5 aromatic carbocycles. The maximum absolute atomic E-state index is 3.70. The minimum atomic E-state index is 1.13. The fraction of sp³-hybridized carbons (Fsp3) is 0. The van der Waals surface area contributed by atoms with Gasteiger partial charge in [-0.05, 0) is 49.9 Å². The van der Waals surface area contributed by atoms with Gasteiger partial charge in [-0.15, -0.1) is 0 Å². The summed E-state index contributed by atoms with van der Waals surface area (Å²) in [6, 6.07) is 36.8. The van der Waals surface area contributed by atoms with Crippen LogP contribution in [0, 0.1) is 0 Å². The van der Waals surface area contributed by atoms with E-state index in [2.05, 4.69) is 119 Å². The van der Waals surface area contributed by atoms with E-state index < -0.39 is 0 Å². The fourth-order valence-corrected chi connectivity index (χ4v) is 4.38. The van der Waals surface area contributed by atoms with Crippen LogP contribution >= 0.6 is 15.9 Å². The van der Waals surface area contributed by atoms with Crippen molar-refractivity contribution in [3.63, 3.8) is 0 Å². The summed E-state index contributed by atoms with van der Waals surface area (Å²) in [6.07, 6.45) is 0. The Kier molecular flexibility index (Phi) is 4.03. The first kappa shape index (κ1) is 16.3. The maximum atomic E-state index is 3.70. The van der Waals surface area contributed by atoms with Crippen molar-refractivity contribution < 1.29 is 0 Å². The Bertz CT molecular complexity index is 1270. The van der Waals surface area contributed by atoms with Crippen LogP contribution < -0.4 is 0 Å². The van der Waals surface area contributed by atoms with Gasteiger partial charge in [0.2, 0.25) is 0 Å². The quantitative estimate of drug-likeness (QED) is 0.276. The van der Waals surface area contributed by atoms with E-state index in [9.17, 15) is 0 Å². The second-order valence-electron chi connectivity index (χ2n) is 6.71. The molecule has 128 valence electrons. The van der Waals surface area contributed by atoms with Gasteiger partial charge in [0.1, 0.15) is 0 Å². The molecule has 0 saturated carbocycles. The standard InChI is InChI=1S/C26H17Br/c27-26-17-16-24(22-12-6-7-13-25(22)26)23-15-14-19(18-8-2-1-3-9-18)20-10-4-5-11-21(20)23/h1-17H. The topological polar surface area (TPSA) is 0 Å². The highest BCUT2D eigenvalue weighted by atomic mass is 79.9. The van der Waals surface area contributed by atoms with Gasteiger partial charge in [0.05, 0.1) is 0 Å². The number of fused-ring (bicyclic) bond motifs is 2. The van der Waals surface area contributed by atoms with Crippen molar-refractivity contribution in [2.24, 2.45) is 0 Å². The third kappa shape index (κ3) is 2.75. The molecular weight excluding hydrogens is 392 g/mol. The summed E-state index contributed by atoms with van der Waals surface area (Å²) in [5, 5.41) is 5.08. The summed E-state index contributed by atoms with van der Waals surface area (Å²) in [7, 11) is 0. The lowest BCUT2D eigenvalue weighted by molar-refractivity contribution is 1.63. The largest absolute Gasteiger partial charge is 0.0622 e. The van der Waals surface area contributed by atoms with Crippen LogP contribution in [0.3, 0.4) is 0 Å². The molecule has 0 heterocycles. The predicted molar refractivity (Wildman–Crippen MR) is 120 cm³/mol. The molecule has 0 spiro atoms. The Balaban J connectivity index is 1.83. The molecule has 0 aliphatic heterocycles. The summed E-state index contributed by atoms with van der Waals surface area (Å²) in [5.41, 5.74) is 5.07. The first-order valence-electron chi connectivity index (χ1n) is 9.08. The van der Waals surface area contributed by atoms with Crippen molar-refractivity contribution in [1.82, 2.24) is 0 Å². The average Bonchev–Trinajstić information content (AvgIpc) is 2.74. The van der Waals surface area contributed by atoms with Crippen molar-refractivity contribution in [3.8, 4) is 22.3 Å². The van der Waals surface area contributed by atoms with Gasteiger partial charge < -0.3 is 0 Å². The molecule has 0 aliphatic carbocycles. The monoisotopic (exact) mass is 408 g/mol. The third-order valence-electron chi connectivity index (χ3n) is 5.17. The van der Waals surface area contributed by atoms with Crippen LogP contribution in [0.5, 0.6) is 0 Å². The highest BCUT2D eigenvalue weighted by Gasteiger charge is 2.12. The van der Waals surface area contributed by atoms with E-state index >= 15 is 0 Å². The number of hydrogen-bond donors (Lipinski definition) is 0. The zero-order chi connectivity index (χ0) is 18.2. The second-order valence-corrected chi connectivity index (χ2v) is 7.57. The Morgan fingerprint density at radius 2 is 0.815 bits per heavy atom. The van der Waals surface area contributed by atoms with Gasteiger partial charge in [-0.1, -0.05) is 113 Å². The molecule has 27 heavy (non-hydrogen) atoms. The third-order valence-corrected chi connectivity index (χ3v) is 5.86. The summed E-state index contributed by atoms with van der Waals surface area (Å²) < 4.78 is 1.13. The van der Waals surface area contributed by atoms with Gasteiger partial charge in [-0.25, -0.2) is 0 Å². The second kappa shape index (κ2) is 6.68. The molecular formula is C26H17Br. The molecule has 0 radical (unpaired) electrons. The molecule has 0 atom stereocenters. The van der Waals surface area contributed by atoms with Gasteiger partial charge in [-0.3, -0.25) is 0 Å². The van der Waals surface area contributed by atoms with Crippen molar-refractivity contribution >= 4 is 37.5 Å². The van der Waals surface area contributed by atoms with Crippen LogP contribution in [0.15, 0.2) is 108 Å². The summed E-state index contributed by atoms with van der Waals surface area (Å²) in [6.45, 7) is 0. The summed E-state index contributed by atoms with van der Waals surface area (Å²) >= 11 is 3.70. The fourth-order valence-electron chi connectivity index (χ4n) is 3.90. The molecule has 0 aromatic heterocycles. The highest BCUT2D eigenvalue weighted by molar-refractivity contribution is 9.10. The Hall–Kier alpha value is -2.90. The van der Waals surface area contributed by atoms with E-state index in [4.69, 9.17) is 0 Å². The van der Waals surface area contributed by atoms with Crippen LogP contribution in [-0.4, -0.2) is 0 Å². The zero-order valence-corrected chi connectivity index (χ0v) is 16.3. The number of hydrogen-bond acceptors (Lipinski definition) is 0. The van der Waals surface area contributed by atoms with E-state index in [1.807, 2.05) is 0 Å². The number of benzene rings is 5. The molecule has 0 saturated heterocycles. The minimum absolute atomic E-state index is 1.13. The van der Waals surface area contributed by atoms with Crippen LogP contribution in [0.4, 0.5) is 0 Å². The van der Waals surface area contributed by atoms with E-state index in [0.29, 0.717) is 0 Å². The van der Waals surface area contributed by atoms with Crippen molar-refractivity contribution in [3.05, 3.63) is 108 Å². The smallest absolute Gasteiger partial charge is 0.0254 e. The van der Waals surface area contributed by atoms with Gasteiger partial charge >= 0.3 is 0 Å². The SMILES string of the molecule is Brc1ccc(-c2ccc(-c3ccccc3)c3ccccc23)c2ccccc12. The van der Waals surface area contributed by atoms with E-state index in [0.717, 1.165) is 4.47 Å². The van der Waals surface area contributed by atoms with Gasteiger partial charge in [0, 0.05) is 4.47 Å². The molecule has 5 aromatic rings. The molecule has 0 nitrogen and oxygen atoms in total. The molecule has 0 unspecified atom stereocenters. The van der Waals surface area contributed by atoms with Gasteiger partial charge in [0.15, 0.2) is 0 Å². The molecule has 0 fully saturated rings. The Morgan fingerprint density at radius 3 is 1.48 bits per heavy atom. The first-order chi connectivity index (χ1) is 13.3. The van der Waals surface area contributed by atoms with Crippen molar-refractivity contribution in [2.75, 3.05) is 0 Å².